The molecule has 4 N–H and O–H groups in total. The van der Waals surface area contributed by atoms with Crippen LogP contribution >= 0.6 is 11.6 Å². The van der Waals surface area contributed by atoms with E-state index in [2.05, 4.69) is 26.7 Å². The molecule has 10 heteroatoms. The van der Waals surface area contributed by atoms with Gasteiger partial charge in [-0.15, -0.1) is 11.6 Å². The van der Waals surface area contributed by atoms with E-state index >= 15 is 0 Å². The Hall–Kier alpha value is -1.36. The minimum absolute atomic E-state index is 0.0724. The fourth-order valence-corrected chi connectivity index (χ4v) is 4.47. The van der Waals surface area contributed by atoms with Crippen molar-refractivity contribution in [3.63, 3.8) is 0 Å². The van der Waals surface area contributed by atoms with Crippen LogP contribution in [0.2, 0.25) is 0 Å². The second kappa shape index (κ2) is 7.94. The van der Waals surface area contributed by atoms with E-state index in [9.17, 15) is 13.6 Å². The molecule has 4 unspecified atom stereocenters. The summed E-state index contributed by atoms with van der Waals surface area (Å²) < 4.78 is 26.5. The van der Waals surface area contributed by atoms with Gasteiger partial charge in [-0.2, -0.15) is 5.53 Å². The number of nitrogens with zero attached hydrogens (tertiary/aromatic N) is 2. The summed E-state index contributed by atoms with van der Waals surface area (Å²) in [5.74, 6) is -0.210. The molecule has 0 radical (unpaired) electrons. The van der Waals surface area contributed by atoms with Gasteiger partial charge in [0.2, 0.25) is 0 Å². The van der Waals surface area contributed by atoms with Gasteiger partial charge in [-0.3, -0.25) is 15.1 Å². The summed E-state index contributed by atoms with van der Waals surface area (Å²) in [5.41, 5.74) is 12.5. The second-order valence-electron chi connectivity index (χ2n) is 7.18. The van der Waals surface area contributed by atoms with Gasteiger partial charge in [0.1, 0.15) is 5.38 Å². The molecule has 4 atom stereocenters. The zero-order valence-electron chi connectivity index (χ0n) is 14.7. The molecule has 3 saturated heterocycles. The number of hydrogen-bond donors (Lipinski definition) is 4. The highest BCUT2D eigenvalue weighted by atomic mass is 35.5. The number of likely N-dealkylation sites (tertiary alicyclic amines) is 1. The van der Waals surface area contributed by atoms with Crippen LogP contribution in [0.25, 0.3) is 0 Å². The largest absolute Gasteiger partial charge is 0.295 e. The lowest BCUT2D eigenvalue weighted by Crippen LogP contribution is -2.65. The van der Waals surface area contributed by atoms with Gasteiger partial charge in [-0.05, 0) is 12.0 Å². The van der Waals surface area contributed by atoms with Crippen molar-refractivity contribution >= 4 is 17.5 Å². The minimum Gasteiger partial charge on any atom is -0.295 e. The summed E-state index contributed by atoms with van der Waals surface area (Å²) in [6.07, 6.45) is -1.64. The van der Waals surface area contributed by atoms with Crippen LogP contribution in [0.15, 0.2) is 24.3 Å². The molecule has 1 aromatic carbocycles. The van der Waals surface area contributed by atoms with Gasteiger partial charge in [-0.25, -0.2) is 24.6 Å². The van der Waals surface area contributed by atoms with E-state index in [-0.39, 0.29) is 29.6 Å². The number of hydrogen-bond acceptors (Lipinski definition) is 6. The Bertz CT molecular complexity index is 695. The van der Waals surface area contributed by atoms with E-state index in [4.69, 9.17) is 11.6 Å². The molecule has 4 rings (SSSR count). The molecule has 1 aromatic rings. The highest BCUT2D eigenvalue weighted by Crippen LogP contribution is 2.28. The Morgan fingerprint density at radius 2 is 2.07 bits per heavy atom. The summed E-state index contributed by atoms with van der Waals surface area (Å²) in [4.78, 5) is 14.0. The molecule has 3 aliphatic rings. The predicted octanol–water partition coefficient (Wildman–Crippen LogP) is 0.502. The van der Waals surface area contributed by atoms with Crippen LogP contribution < -0.4 is 21.8 Å². The Kier molecular flexibility index (Phi) is 5.58. The number of nitrogens with one attached hydrogen (secondary N) is 4. The molecular weight excluding hydrogens is 378 g/mol. The third-order valence-corrected chi connectivity index (χ3v) is 6.10. The molecule has 0 aromatic heterocycles. The molecule has 1 amide bonds. The average molecular weight is 401 g/mol. The zero-order chi connectivity index (χ0) is 19.0. The van der Waals surface area contributed by atoms with Crippen molar-refractivity contribution in [3.8, 4) is 0 Å². The normalized spacial score (nSPS) is 32.5. The molecule has 7 nitrogen and oxygen atoms in total. The molecule has 3 heterocycles. The van der Waals surface area contributed by atoms with Crippen LogP contribution in [0, 0.1) is 0 Å². The average Bonchev–Trinajstić information content (AvgIpc) is 3.06. The number of rotatable bonds is 4. The fourth-order valence-electron chi connectivity index (χ4n) is 4.17. The summed E-state index contributed by atoms with van der Waals surface area (Å²) in [5, 5.41) is 1.40. The highest BCUT2D eigenvalue weighted by Gasteiger charge is 2.43. The van der Waals surface area contributed by atoms with Gasteiger partial charge in [0.15, 0.2) is 0 Å². The maximum absolute atomic E-state index is 13.2. The van der Waals surface area contributed by atoms with Crippen LogP contribution in [0.3, 0.4) is 0 Å². The van der Waals surface area contributed by atoms with Gasteiger partial charge in [0, 0.05) is 43.8 Å². The summed E-state index contributed by atoms with van der Waals surface area (Å²) in [7, 11) is 0. The first-order chi connectivity index (χ1) is 13.0. The molecular formula is C17H23ClF2N6O. The first kappa shape index (κ1) is 19.0. The van der Waals surface area contributed by atoms with Crippen molar-refractivity contribution in [3.05, 3.63) is 35.4 Å². The number of carbonyl (C=O) groups is 1. The number of piperidine rings is 1. The Morgan fingerprint density at radius 3 is 2.89 bits per heavy atom. The molecule has 0 spiro atoms. The molecule has 0 saturated carbocycles. The third kappa shape index (κ3) is 3.80. The molecule has 27 heavy (non-hydrogen) atoms. The summed E-state index contributed by atoms with van der Waals surface area (Å²) in [6, 6.07) is 6.89. The lowest BCUT2D eigenvalue weighted by molar-refractivity contribution is -0.125. The van der Waals surface area contributed by atoms with Crippen LogP contribution in [0.1, 0.15) is 24.0 Å². The summed E-state index contributed by atoms with van der Waals surface area (Å²) >= 11 is 6.28. The monoisotopic (exact) mass is 400 g/mol. The number of benzene rings is 1. The van der Waals surface area contributed by atoms with E-state index < -0.39 is 11.8 Å². The van der Waals surface area contributed by atoms with E-state index in [0.29, 0.717) is 18.7 Å². The number of fused-ring (bicyclic) bond motifs is 1. The zero-order valence-corrected chi connectivity index (χ0v) is 15.4. The molecule has 148 valence electrons. The number of halogens is 3. The maximum atomic E-state index is 13.2. The van der Waals surface area contributed by atoms with E-state index in [1.807, 2.05) is 5.01 Å². The van der Waals surface area contributed by atoms with Crippen LogP contribution in [0.4, 0.5) is 8.78 Å². The fraction of sp³-hybridized carbons (Fsp3) is 0.588. The number of amides is 1. The number of hydrazine groups is 3. The standard InChI is InChI=1S/C17H23ClF2N6O/c18-15-14(7-21-23-17(15)27)25-6-5-13-12(9-25)22-24-26(13)8-10-3-1-2-4-11(10)16(19)20/h1-4,12-16,21-22,24H,5-9H2,(H,23,27). The van der Waals surface area contributed by atoms with E-state index in [1.54, 1.807) is 18.2 Å². The molecule has 0 bridgehead atoms. The van der Waals surface area contributed by atoms with Gasteiger partial charge >= 0.3 is 0 Å². The smallest absolute Gasteiger partial charge is 0.264 e. The number of carbonyl (C=O) groups excluding carboxylic acids is 1. The van der Waals surface area contributed by atoms with Crippen molar-refractivity contribution in [2.75, 3.05) is 19.6 Å². The molecule has 3 fully saturated rings. The minimum atomic E-state index is -2.49. The first-order valence-electron chi connectivity index (χ1n) is 9.09. The van der Waals surface area contributed by atoms with Crippen molar-refractivity contribution in [2.24, 2.45) is 0 Å². The van der Waals surface area contributed by atoms with E-state index in [1.165, 1.54) is 6.07 Å². The predicted molar refractivity (Wildman–Crippen MR) is 96.6 cm³/mol. The lowest BCUT2D eigenvalue weighted by atomic mass is 9.96. The maximum Gasteiger partial charge on any atom is 0.264 e. The SMILES string of the molecule is O=C1NNCC(N2CCC3C(C2)NNN3Cc2ccccc2C(F)F)C1Cl. The highest BCUT2D eigenvalue weighted by molar-refractivity contribution is 6.31. The number of alkyl halides is 3. The quantitative estimate of drug-likeness (QED) is 0.552. The Labute approximate surface area is 161 Å². The van der Waals surface area contributed by atoms with Gasteiger partial charge in [0.05, 0.1) is 6.04 Å². The third-order valence-electron chi connectivity index (χ3n) is 5.61. The first-order valence-corrected chi connectivity index (χ1v) is 9.53. The van der Waals surface area contributed by atoms with Gasteiger partial charge in [0.25, 0.3) is 12.3 Å². The van der Waals surface area contributed by atoms with Gasteiger partial charge < -0.3 is 0 Å². The van der Waals surface area contributed by atoms with Crippen molar-refractivity contribution in [2.45, 2.75) is 42.9 Å². The molecule has 0 aliphatic carbocycles. The second-order valence-corrected chi connectivity index (χ2v) is 7.65. The van der Waals surface area contributed by atoms with E-state index in [0.717, 1.165) is 19.5 Å². The van der Waals surface area contributed by atoms with Crippen molar-refractivity contribution in [1.82, 2.24) is 31.7 Å². The van der Waals surface area contributed by atoms with Crippen LogP contribution in [-0.4, -0.2) is 59.0 Å². The Morgan fingerprint density at radius 1 is 1.26 bits per heavy atom. The Balaban J connectivity index is 1.41. The van der Waals surface area contributed by atoms with Crippen molar-refractivity contribution in [1.29, 1.82) is 0 Å². The van der Waals surface area contributed by atoms with Crippen molar-refractivity contribution < 1.29 is 13.6 Å². The van der Waals surface area contributed by atoms with Crippen LogP contribution in [-0.2, 0) is 11.3 Å². The topological polar surface area (TPSA) is 71.7 Å². The lowest BCUT2D eigenvalue weighted by Gasteiger charge is -2.43. The van der Waals surface area contributed by atoms with Crippen LogP contribution in [0.5, 0.6) is 0 Å². The molecule has 3 aliphatic heterocycles. The summed E-state index contributed by atoms with van der Waals surface area (Å²) in [6.45, 7) is 2.52. The van der Waals surface area contributed by atoms with Gasteiger partial charge in [-0.1, -0.05) is 24.3 Å².